The van der Waals surface area contributed by atoms with Gasteiger partial charge in [0.2, 0.25) is 23.5 Å². The van der Waals surface area contributed by atoms with E-state index in [4.69, 9.17) is 0 Å². The summed E-state index contributed by atoms with van der Waals surface area (Å²) in [6.07, 6.45) is 14.0. The summed E-state index contributed by atoms with van der Waals surface area (Å²) in [6, 6.07) is -2.57. The van der Waals surface area contributed by atoms with Gasteiger partial charge in [0.1, 0.15) is 17.8 Å². The molecule has 3 aliphatic carbocycles. The number of Topliss-reactive ketones (excluding diaryl/α,β-unsaturated/α-hetero) is 1. The number of fused-ring (bicyclic) bond motifs is 1. The number of hydrogen-bond donors (Lipinski definition) is 4. The molecule has 0 spiro atoms. The zero-order valence-corrected chi connectivity index (χ0v) is 26.0. The fourth-order valence-corrected chi connectivity index (χ4v) is 7.23. The smallest absolute Gasteiger partial charge is 0.289 e. The first-order chi connectivity index (χ1) is 21.8. The Hall–Kier alpha value is -3.90. The molecule has 45 heavy (non-hydrogen) atoms. The van der Waals surface area contributed by atoms with Crippen molar-refractivity contribution in [2.75, 3.05) is 13.1 Å². The van der Waals surface area contributed by atoms with Crippen molar-refractivity contribution < 1.29 is 28.8 Å². The van der Waals surface area contributed by atoms with E-state index in [-0.39, 0.29) is 36.0 Å². The fraction of sp³-hybridized carbons (Fsp3) is 0.688. The number of nitrogens with zero attached hydrogens (tertiary/aromatic N) is 3. The standard InChI is InChI=1S/C32H45N7O6/c1-2-7-23(28(41)32(45)36-21-12-13-21)37-31(44)27-22-11-6-10-20(22)18-39(27)25(40)17-35-30(43)26(19-8-4-3-5-9-19)38-29(42)24-16-33-14-15-34-24/h14-16,19-23,26-27H,2-13,17-18H2,1H3,(H,35,43)(H,36,45)(H,37,44)(H,38,42)/t20-,22+,23-,26+,27+/m0/s1. The molecule has 0 radical (unpaired) electrons. The summed E-state index contributed by atoms with van der Waals surface area (Å²) in [6.45, 7) is 1.94. The van der Waals surface area contributed by atoms with Crippen LogP contribution >= 0.6 is 0 Å². The Morgan fingerprint density at radius 2 is 1.71 bits per heavy atom. The zero-order valence-electron chi connectivity index (χ0n) is 26.0. The van der Waals surface area contributed by atoms with Gasteiger partial charge in [-0.15, -0.1) is 0 Å². The number of amides is 5. The molecule has 1 aromatic rings. The van der Waals surface area contributed by atoms with Crippen molar-refractivity contribution in [2.24, 2.45) is 17.8 Å². The van der Waals surface area contributed by atoms with Crippen molar-refractivity contribution in [1.29, 1.82) is 0 Å². The second kappa shape index (κ2) is 14.9. The minimum absolute atomic E-state index is 0.0230. The third-order valence-corrected chi connectivity index (χ3v) is 9.73. The van der Waals surface area contributed by atoms with Crippen LogP contribution in [0.15, 0.2) is 18.6 Å². The summed E-state index contributed by atoms with van der Waals surface area (Å²) in [7, 11) is 0. The highest BCUT2D eigenvalue weighted by molar-refractivity contribution is 6.38. The Kier molecular flexibility index (Phi) is 10.8. The highest BCUT2D eigenvalue weighted by atomic mass is 16.2. The van der Waals surface area contributed by atoms with Crippen molar-refractivity contribution in [3.63, 3.8) is 0 Å². The zero-order chi connectivity index (χ0) is 31.9. The lowest BCUT2D eigenvalue weighted by Crippen LogP contribution is -2.56. The van der Waals surface area contributed by atoms with Crippen LogP contribution in [0.25, 0.3) is 0 Å². The summed E-state index contributed by atoms with van der Waals surface area (Å²) in [5.74, 6) is -3.13. The van der Waals surface area contributed by atoms with Gasteiger partial charge < -0.3 is 26.2 Å². The maximum atomic E-state index is 13.7. The summed E-state index contributed by atoms with van der Waals surface area (Å²) in [4.78, 5) is 88.6. The molecular weight excluding hydrogens is 578 g/mol. The predicted molar refractivity (Wildman–Crippen MR) is 162 cm³/mol. The van der Waals surface area contributed by atoms with E-state index in [1.807, 2.05) is 6.92 Å². The highest BCUT2D eigenvalue weighted by Crippen LogP contribution is 2.42. The third-order valence-electron chi connectivity index (χ3n) is 9.73. The Balaban J connectivity index is 1.24. The minimum atomic E-state index is -0.965. The summed E-state index contributed by atoms with van der Waals surface area (Å²) in [5.41, 5.74) is 0.101. The molecule has 244 valence electrons. The molecule has 1 saturated heterocycles. The molecule has 0 unspecified atom stereocenters. The van der Waals surface area contributed by atoms with Crippen LogP contribution in [0.2, 0.25) is 0 Å². The van der Waals surface area contributed by atoms with Gasteiger partial charge in [-0.05, 0) is 62.7 Å². The molecular formula is C32H45N7O6. The molecule has 5 atom stereocenters. The number of aromatic nitrogens is 2. The number of ketones is 1. The summed E-state index contributed by atoms with van der Waals surface area (Å²) < 4.78 is 0. The number of carbonyl (C=O) groups excluding carboxylic acids is 6. The van der Waals surface area contributed by atoms with E-state index in [9.17, 15) is 28.8 Å². The van der Waals surface area contributed by atoms with Crippen molar-refractivity contribution in [2.45, 2.75) is 108 Å². The van der Waals surface area contributed by atoms with Gasteiger partial charge in [0.05, 0.1) is 18.8 Å². The molecule has 4 N–H and O–H groups in total. The molecule has 13 nitrogen and oxygen atoms in total. The van der Waals surface area contributed by atoms with E-state index >= 15 is 0 Å². The van der Waals surface area contributed by atoms with Crippen LogP contribution in [0, 0.1) is 17.8 Å². The Morgan fingerprint density at radius 3 is 2.40 bits per heavy atom. The number of carbonyl (C=O) groups is 6. The molecule has 5 rings (SSSR count). The van der Waals surface area contributed by atoms with E-state index in [1.54, 1.807) is 0 Å². The average Bonchev–Trinajstić information content (AvgIpc) is 3.62. The lowest BCUT2D eigenvalue weighted by atomic mass is 9.83. The first kappa shape index (κ1) is 32.5. The van der Waals surface area contributed by atoms with Crippen molar-refractivity contribution >= 4 is 35.3 Å². The SMILES string of the molecule is CCC[C@H](NC(=O)[C@H]1[C@@H]2CCC[C@H]2CN1C(=O)CNC(=O)[C@H](NC(=O)c1cnccn1)C1CCCCC1)C(=O)C(=O)NC1CC1. The molecule has 4 aliphatic rings. The first-order valence-electron chi connectivity index (χ1n) is 16.6. The van der Waals surface area contributed by atoms with Crippen LogP contribution < -0.4 is 21.3 Å². The molecule has 4 fully saturated rings. The van der Waals surface area contributed by atoms with E-state index in [0.29, 0.717) is 19.4 Å². The maximum Gasteiger partial charge on any atom is 0.289 e. The number of likely N-dealkylation sites (tertiary alicyclic amines) is 1. The van der Waals surface area contributed by atoms with Crippen LogP contribution in [0.1, 0.15) is 94.5 Å². The van der Waals surface area contributed by atoms with E-state index in [0.717, 1.165) is 64.2 Å². The molecule has 5 amide bonds. The number of nitrogens with one attached hydrogen (secondary N) is 4. The van der Waals surface area contributed by atoms with Crippen LogP contribution in [-0.4, -0.2) is 87.4 Å². The molecule has 13 heteroatoms. The lowest BCUT2D eigenvalue weighted by Gasteiger charge is -2.31. The van der Waals surface area contributed by atoms with Gasteiger partial charge in [-0.1, -0.05) is 39.0 Å². The maximum absolute atomic E-state index is 13.7. The lowest BCUT2D eigenvalue weighted by molar-refractivity contribution is -0.143. The van der Waals surface area contributed by atoms with Gasteiger partial charge in [0, 0.05) is 25.0 Å². The van der Waals surface area contributed by atoms with Gasteiger partial charge in [-0.25, -0.2) is 4.98 Å². The van der Waals surface area contributed by atoms with E-state index in [2.05, 4.69) is 31.2 Å². The summed E-state index contributed by atoms with van der Waals surface area (Å²) in [5, 5.41) is 11.1. The molecule has 1 aliphatic heterocycles. The van der Waals surface area contributed by atoms with Gasteiger partial charge in [-0.2, -0.15) is 0 Å². The minimum Gasteiger partial charge on any atom is -0.347 e. The largest absolute Gasteiger partial charge is 0.347 e. The molecule has 2 heterocycles. The fourth-order valence-electron chi connectivity index (χ4n) is 7.23. The van der Waals surface area contributed by atoms with Crippen molar-refractivity contribution in [3.05, 3.63) is 24.3 Å². The van der Waals surface area contributed by atoms with Gasteiger partial charge in [-0.3, -0.25) is 33.8 Å². The number of rotatable bonds is 13. The van der Waals surface area contributed by atoms with Crippen LogP contribution in [0.4, 0.5) is 0 Å². The molecule has 3 saturated carbocycles. The Bertz CT molecular complexity index is 1270. The third kappa shape index (κ3) is 8.04. The van der Waals surface area contributed by atoms with Crippen LogP contribution in [0.5, 0.6) is 0 Å². The quantitative estimate of drug-likeness (QED) is 0.235. The molecule has 0 aromatic carbocycles. The molecule has 0 bridgehead atoms. The van der Waals surface area contributed by atoms with Crippen molar-refractivity contribution in [1.82, 2.24) is 36.1 Å². The number of hydrogen-bond acceptors (Lipinski definition) is 8. The predicted octanol–water partition coefficient (Wildman–Crippen LogP) is 1.03. The highest BCUT2D eigenvalue weighted by Gasteiger charge is 2.50. The average molecular weight is 624 g/mol. The van der Waals surface area contributed by atoms with E-state index < -0.39 is 53.4 Å². The van der Waals surface area contributed by atoms with Crippen LogP contribution in [0.3, 0.4) is 0 Å². The van der Waals surface area contributed by atoms with Crippen LogP contribution in [-0.2, 0) is 24.0 Å². The van der Waals surface area contributed by atoms with Gasteiger partial charge in [0.15, 0.2) is 0 Å². The van der Waals surface area contributed by atoms with Crippen molar-refractivity contribution in [3.8, 4) is 0 Å². The topological polar surface area (TPSA) is 180 Å². The second-order valence-corrected chi connectivity index (χ2v) is 13.0. The Morgan fingerprint density at radius 1 is 0.933 bits per heavy atom. The van der Waals surface area contributed by atoms with E-state index in [1.165, 1.54) is 23.5 Å². The van der Waals surface area contributed by atoms with Gasteiger partial charge in [0.25, 0.3) is 11.8 Å². The second-order valence-electron chi connectivity index (χ2n) is 13.0. The molecule has 1 aromatic heterocycles. The monoisotopic (exact) mass is 623 g/mol. The summed E-state index contributed by atoms with van der Waals surface area (Å²) >= 11 is 0. The normalized spacial score (nSPS) is 24.2. The Labute approximate surface area is 263 Å². The van der Waals surface area contributed by atoms with Gasteiger partial charge >= 0.3 is 0 Å². The first-order valence-corrected chi connectivity index (χ1v) is 16.6.